The van der Waals surface area contributed by atoms with Crippen LogP contribution in [0.25, 0.3) is 0 Å². The van der Waals surface area contributed by atoms with Crippen LogP contribution in [0.2, 0.25) is 0 Å². The molecule has 0 aromatic heterocycles. The van der Waals surface area contributed by atoms with Crippen LogP contribution in [0.3, 0.4) is 0 Å². The van der Waals surface area contributed by atoms with Crippen LogP contribution in [0, 0.1) is 5.92 Å². The van der Waals surface area contributed by atoms with E-state index in [1.54, 1.807) is 24.3 Å². The minimum atomic E-state index is -0.806. The van der Waals surface area contributed by atoms with Gasteiger partial charge in [0.1, 0.15) is 0 Å². The molecule has 23 heavy (non-hydrogen) atoms. The zero-order chi connectivity index (χ0) is 17.2. The number of unbranched alkanes of at least 4 members (excludes halogenated alkanes) is 1. The van der Waals surface area contributed by atoms with Crippen LogP contribution in [0.5, 0.6) is 0 Å². The summed E-state index contributed by atoms with van der Waals surface area (Å²) in [5, 5.41) is 4.98. The standard InChI is InChI=1S/C17H24N2O4/c1-4-5-10-23-17(22)13-8-6-7-9-14(13)19-16(21)15(20)18-11-12(2)3/h6-9,12H,4-5,10-11H2,1-3H3,(H,18,20)(H,19,21). The summed E-state index contributed by atoms with van der Waals surface area (Å²) in [6.07, 6.45) is 1.69. The van der Waals surface area contributed by atoms with Gasteiger partial charge in [0.2, 0.25) is 0 Å². The molecule has 2 amide bonds. The maximum Gasteiger partial charge on any atom is 0.340 e. The highest BCUT2D eigenvalue weighted by Crippen LogP contribution is 2.16. The molecule has 0 saturated carbocycles. The number of benzene rings is 1. The molecule has 0 spiro atoms. The first-order valence-electron chi connectivity index (χ1n) is 7.81. The first-order valence-corrected chi connectivity index (χ1v) is 7.81. The van der Waals surface area contributed by atoms with E-state index >= 15 is 0 Å². The summed E-state index contributed by atoms with van der Waals surface area (Å²) in [5.41, 5.74) is 0.493. The third kappa shape index (κ3) is 6.50. The van der Waals surface area contributed by atoms with E-state index in [1.807, 2.05) is 20.8 Å². The highest BCUT2D eigenvalue weighted by molar-refractivity contribution is 6.40. The van der Waals surface area contributed by atoms with Gasteiger partial charge in [-0.05, 0) is 24.5 Å². The Labute approximate surface area is 136 Å². The highest BCUT2D eigenvalue weighted by atomic mass is 16.5. The van der Waals surface area contributed by atoms with E-state index in [-0.39, 0.29) is 17.2 Å². The Hall–Kier alpha value is -2.37. The Morgan fingerprint density at radius 3 is 2.48 bits per heavy atom. The number of amides is 2. The first kappa shape index (κ1) is 18.7. The molecule has 126 valence electrons. The summed E-state index contributed by atoms with van der Waals surface area (Å²) in [6, 6.07) is 6.45. The number of carbonyl (C=O) groups excluding carboxylic acids is 3. The molecular weight excluding hydrogens is 296 g/mol. The Morgan fingerprint density at radius 2 is 1.83 bits per heavy atom. The molecule has 1 rings (SSSR count). The van der Waals surface area contributed by atoms with Crippen LogP contribution >= 0.6 is 0 Å². The number of carbonyl (C=O) groups is 3. The number of esters is 1. The van der Waals surface area contributed by atoms with Crippen molar-refractivity contribution in [1.29, 1.82) is 0 Å². The van der Waals surface area contributed by atoms with Crippen LogP contribution in [-0.4, -0.2) is 30.9 Å². The van der Waals surface area contributed by atoms with E-state index in [9.17, 15) is 14.4 Å². The monoisotopic (exact) mass is 320 g/mol. The maximum absolute atomic E-state index is 12.0. The Balaban J connectivity index is 2.71. The quantitative estimate of drug-likeness (QED) is 0.459. The van der Waals surface area contributed by atoms with Crippen molar-refractivity contribution >= 4 is 23.5 Å². The smallest absolute Gasteiger partial charge is 0.340 e. The van der Waals surface area contributed by atoms with Crippen molar-refractivity contribution in [3.8, 4) is 0 Å². The molecule has 0 heterocycles. The van der Waals surface area contributed by atoms with Gasteiger partial charge in [-0.3, -0.25) is 9.59 Å². The van der Waals surface area contributed by atoms with Gasteiger partial charge in [-0.25, -0.2) is 4.79 Å². The molecule has 6 nitrogen and oxygen atoms in total. The lowest BCUT2D eigenvalue weighted by Crippen LogP contribution is -2.37. The third-order valence-electron chi connectivity index (χ3n) is 3.00. The number of rotatable bonds is 7. The summed E-state index contributed by atoms with van der Waals surface area (Å²) in [6.45, 7) is 6.59. The van der Waals surface area contributed by atoms with Crippen molar-refractivity contribution in [2.45, 2.75) is 33.6 Å². The Morgan fingerprint density at radius 1 is 1.13 bits per heavy atom. The second kappa shape index (κ2) is 9.61. The van der Waals surface area contributed by atoms with E-state index in [1.165, 1.54) is 0 Å². The molecule has 1 aromatic carbocycles. The Kier molecular flexibility index (Phi) is 7.80. The SMILES string of the molecule is CCCCOC(=O)c1ccccc1NC(=O)C(=O)NCC(C)C. The topological polar surface area (TPSA) is 84.5 Å². The van der Waals surface area contributed by atoms with Crippen molar-refractivity contribution in [2.75, 3.05) is 18.5 Å². The summed E-state index contributed by atoms with van der Waals surface area (Å²) in [4.78, 5) is 35.6. The second-order valence-electron chi connectivity index (χ2n) is 5.59. The lowest BCUT2D eigenvalue weighted by Gasteiger charge is -2.11. The van der Waals surface area contributed by atoms with E-state index in [0.29, 0.717) is 13.2 Å². The van der Waals surface area contributed by atoms with Crippen molar-refractivity contribution < 1.29 is 19.1 Å². The molecule has 0 radical (unpaired) electrons. The molecule has 0 atom stereocenters. The average Bonchev–Trinajstić information content (AvgIpc) is 2.53. The van der Waals surface area contributed by atoms with E-state index in [0.717, 1.165) is 12.8 Å². The number of anilines is 1. The van der Waals surface area contributed by atoms with Gasteiger partial charge in [0.05, 0.1) is 17.9 Å². The van der Waals surface area contributed by atoms with E-state index in [2.05, 4.69) is 10.6 Å². The van der Waals surface area contributed by atoms with E-state index < -0.39 is 17.8 Å². The minimum absolute atomic E-state index is 0.230. The minimum Gasteiger partial charge on any atom is -0.462 e. The number of para-hydroxylation sites is 1. The molecular formula is C17H24N2O4. The zero-order valence-corrected chi connectivity index (χ0v) is 13.8. The van der Waals surface area contributed by atoms with Gasteiger partial charge in [-0.2, -0.15) is 0 Å². The number of ether oxygens (including phenoxy) is 1. The third-order valence-corrected chi connectivity index (χ3v) is 3.00. The number of hydrogen-bond acceptors (Lipinski definition) is 4. The second-order valence-corrected chi connectivity index (χ2v) is 5.59. The van der Waals surface area contributed by atoms with Gasteiger partial charge in [-0.15, -0.1) is 0 Å². The fraction of sp³-hybridized carbons (Fsp3) is 0.471. The predicted octanol–water partition coefficient (Wildman–Crippen LogP) is 2.35. The molecule has 2 N–H and O–H groups in total. The fourth-order valence-electron chi connectivity index (χ4n) is 1.71. The summed E-state index contributed by atoms with van der Waals surface area (Å²) < 4.78 is 5.14. The van der Waals surface area contributed by atoms with Gasteiger partial charge in [0, 0.05) is 6.54 Å². The van der Waals surface area contributed by atoms with Gasteiger partial charge < -0.3 is 15.4 Å². The molecule has 0 unspecified atom stereocenters. The first-order chi connectivity index (χ1) is 11.0. The van der Waals surface area contributed by atoms with E-state index in [4.69, 9.17) is 4.74 Å². The predicted molar refractivity (Wildman–Crippen MR) is 88.1 cm³/mol. The van der Waals surface area contributed by atoms with Crippen LogP contribution in [0.15, 0.2) is 24.3 Å². The largest absolute Gasteiger partial charge is 0.462 e. The summed E-state index contributed by atoms with van der Waals surface area (Å²) in [7, 11) is 0. The lowest BCUT2D eigenvalue weighted by molar-refractivity contribution is -0.136. The molecule has 1 aromatic rings. The zero-order valence-electron chi connectivity index (χ0n) is 13.8. The molecule has 0 aliphatic carbocycles. The van der Waals surface area contributed by atoms with Crippen LogP contribution in [0.1, 0.15) is 44.0 Å². The summed E-state index contributed by atoms with van der Waals surface area (Å²) >= 11 is 0. The molecule has 0 fully saturated rings. The van der Waals surface area contributed by atoms with Crippen LogP contribution in [0.4, 0.5) is 5.69 Å². The normalized spacial score (nSPS) is 10.3. The Bertz CT molecular complexity index is 555. The number of hydrogen-bond donors (Lipinski definition) is 2. The van der Waals surface area contributed by atoms with Crippen LogP contribution < -0.4 is 10.6 Å². The summed E-state index contributed by atoms with van der Waals surface area (Å²) in [5.74, 6) is -1.81. The van der Waals surface area contributed by atoms with Crippen molar-refractivity contribution in [1.82, 2.24) is 5.32 Å². The van der Waals surface area contributed by atoms with Gasteiger partial charge >= 0.3 is 17.8 Å². The molecule has 0 saturated heterocycles. The van der Waals surface area contributed by atoms with Gasteiger partial charge in [0.25, 0.3) is 0 Å². The molecule has 6 heteroatoms. The molecule has 0 aliphatic heterocycles. The van der Waals surface area contributed by atoms with Crippen molar-refractivity contribution in [3.05, 3.63) is 29.8 Å². The fourth-order valence-corrected chi connectivity index (χ4v) is 1.71. The molecule has 0 aliphatic rings. The highest BCUT2D eigenvalue weighted by Gasteiger charge is 2.18. The number of nitrogens with one attached hydrogen (secondary N) is 2. The van der Waals surface area contributed by atoms with Crippen LogP contribution in [-0.2, 0) is 14.3 Å². The maximum atomic E-state index is 12.0. The lowest BCUT2D eigenvalue weighted by atomic mass is 10.1. The van der Waals surface area contributed by atoms with Gasteiger partial charge in [0.15, 0.2) is 0 Å². The van der Waals surface area contributed by atoms with Gasteiger partial charge in [-0.1, -0.05) is 39.3 Å². The molecule has 0 bridgehead atoms. The van der Waals surface area contributed by atoms with Crippen molar-refractivity contribution in [3.63, 3.8) is 0 Å². The average molecular weight is 320 g/mol. The van der Waals surface area contributed by atoms with Crippen molar-refractivity contribution in [2.24, 2.45) is 5.92 Å².